The molecule has 0 saturated heterocycles. The summed E-state index contributed by atoms with van der Waals surface area (Å²) >= 11 is 0. The van der Waals surface area contributed by atoms with Crippen LogP contribution in [0.2, 0.25) is 0 Å². The quantitative estimate of drug-likeness (QED) is 0.575. The van der Waals surface area contributed by atoms with Crippen LogP contribution in [0.15, 0.2) is 12.2 Å². The van der Waals surface area contributed by atoms with Gasteiger partial charge in [0.05, 0.1) is 24.2 Å². The summed E-state index contributed by atoms with van der Waals surface area (Å²) in [6.07, 6.45) is 5.76. The van der Waals surface area contributed by atoms with Crippen molar-refractivity contribution < 1.29 is 14.6 Å². The van der Waals surface area contributed by atoms with E-state index in [9.17, 15) is 5.11 Å². The number of ether oxygens (including phenoxy) is 2. The van der Waals surface area contributed by atoms with Crippen LogP contribution in [0.1, 0.15) is 19.3 Å². The van der Waals surface area contributed by atoms with Crippen molar-refractivity contribution in [2.75, 3.05) is 13.9 Å². The molecule has 4 heteroatoms. The topological polar surface area (TPSA) is 62.5 Å². The monoisotopic (exact) mass is 223 g/mol. The molecule has 2 rings (SSSR count). The molecule has 0 amide bonds. The van der Waals surface area contributed by atoms with Crippen molar-refractivity contribution >= 4 is 0 Å². The van der Waals surface area contributed by atoms with Crippen LogP contribution in [0.4, 0.5) is 0 Å². The number of hydrogen-bond donors (Lipinski definition) is 1. The normalized spacial score (nSPS) is 40.9. The standard InChI is InChI=1S/C12H17NO3/c1-15-8-16-11-7-10-6-9(11)2-3-12(10,14)4-5-13/h2-3,9-11,14H,4,6-8H2,1H3/t9-,10+,11+,12-/m1/s1. The molecule has 0 aliphatic heterocycles. The lowest BCUT2D eigenvalue weighted by Crippen LogP contribution is -2.35. The molecule has 0 unspecified atom stereocenters. The van der Waals surface area contributed by atoms with Gasteiger partial charge in [0.1, 0.15) is 6.79 Å². The summed E-state index contributed by atoms with van der Waals surface area (Å²) in [7, 11) is 1.60. The predicted molar refractivity (Wildman–Crippen MR) is 57.3 cm³/mol. The van der Waals surface area contributed by atoms with Gasteiger partial charge in [-0.2, -0.15) is 5.26 Å². The molecule has 1 N–H and O–H groups in total. The van der Waals surface area contributed by atoms with E-state index in [-0.39, 0.29) is 18.4 Å². The number of aliphatic hydroxyl groups is 1. The number of fused-ring (bicyclic) bond motifs is 2. The molecule has 0 radical (unpaired) electrons. The van der Waals surface area contributed by atoms with Crippen molar-refractivity contribution in [1.82, 2.24) is 0 Å². The first-order valence-electron chi connectivity index (χ1n) is 5.59. The van der Waals surface area contributed by atoms with Crippen LogP contribution in [-0.2, 0) is 9.47 Å². The predicted octanol–water partition coefficient (Wildman–Crippen LogP) is 1.22. The van der Waals surface area contributed by atoms with Gasteiger partial charge < -0.3 is 14.6 Å². The summed E-state index contributed by atoms with van der Waals surface area (Å²) in [6.45, 7) is 0.290. The van der Waals surface area contributed by atoms with Gasteiger partial charge in [-0.05, 0) is 18.8 Å². The molecular formula is C12H17NO3. The van der Waals surface area contributed by atoms with Gasteiger partial charge in [0.25, 0.3) is 0 Å². The van der Waals surface area contributed by atoms with Gasteiger partial charge in [-0.3, -0.25) is 0 Å². The van der Waals surface area contributed by atoms with E-state index >= 15 is 0 Å². The molecule has 2 bridgehead atoms. The fourth-order valence-corrected chi connectivity index (χ4v) is 2.75. The second kappa shape index (κ2) is 4.54. The molecule has 4 nitrogen and oxygen atoms in total. The Hall–Kier alpha value is -0.890. The SMILES string of the molecule is COCO[C@H]1C[C@@H]2C[C@H]1C=C[C@@]2(O)CC#N. The van der Waals surface area contributed by atoms with Gasteiger partial charge in [0, 0.05) is 13.0 Å². The van der Waals surface area contributed by atoms with E-state index in [4.69, 9.17) is 14.7 Å². The first-order valence-corrected chi connectivity index (χ1v) is 5.59. The van der Waals surface area contributed by atoms with Crippen LogP contribution in [0, 0.1) is 23.2 Å². The van der Waals surface area contributed by atoms with Crippen LogP contribution in [0.5, 0.6) is 0 Å². The molecule has 1 saturated carbocycles. The zero-order chi connectivity index (χ0) is 11.6. The minimum atomic E-state index is -0.948. The Kier molecular flexibility index (Phi) is 3.29. The van der Waals surface area contributed by atoms with Crippen molar-refractivity contribution in [1.29, 1.82) is 5.26 Å². The van der Waals surface area contributed by atoms with Crippen molar-refractivity contribution in [3.8, 4) is 6.07 Å². The molecule has 0 aromatic rings. The summed E-state index contributed by atoms with van der Waals surface area (Å²) in [5.41, 5.74) is -0.948. The highest BCUT2D eigenvalue weighted by atomic mass is 16.7. The highest BCUT2D eigenvalue weighted by Crippen LogP contribution is 2.46. The molecular weight excluding hydrogens is 206 g/mol. The lowest BCUT2D eigenvalue weighted by molar-refractivity contribution is -0.0798. The minimum absolute atomic E-state index is 0.119. The Morgan fingerprint density at radius 2 is 2.38 bits per heavy atom. The number of rotatable bonds is 4. The summed E-state index contributed by atoms with van der Waals surface area (Å²) in [4.78, 5) is 0. The maximum Gasteiger partial charge on any atom is 0.146 e. The minimum Gasteiger partial charge on any atom is -0.384 e. The zero-order valence-corrected chi connectivity index (χ0v) is 9.43. The van der Waals surface area contributed by atoms with Crippen molar-refractivity contribution in [3.63, 3.8) is 0 Å². The number of nitriles is 1. The van der Waals surface area contributed by atoms with E-state index in [0.29, 0.717) is 12.7 Å². The highest BCUT2D eigenvalue weighted by Gasteiger charge is 2.47. The van der Waals surface area contributed by atoms with Crippen LogP contribution in [0.3, 0.4) is 0 Å². The molecule has 0 heterocycles. The lowest BCUT2D eigenvalue weighted by atomic mass is 9.79. The fourth-order valence-electron chi connectivity index (χ4n) is 2.75. The first-order chi connectivity index (χ1) is 7.69. The van der Waals surface area contributed by atoms with E-state index in [1.54, 1.807) is 13.2 Å². The number of nitrogens with zero attached hydrogens (tertiary/aromatic N) is 1. The highest BCUT2D eigenvalue weighted by molar-refractivity contribution is 5.18. The summed E-state index contributed by atoms with van der Waals surface area (Å²) in [6, 6.07) is 2.05. The second-order valence-electron chi connectivity index (χ2n) is 4.63. The average Bonchev–Trinajstić information content (AvgIpc) is 2.62. The largest absolute Gasteiger partial charge is 0.384 e. The van der Waals surface area contributed by atoms with Gasteiger partial charge >= 0.3 is 0 Å². The Morgan fingerprint density at radius 3 is 3.06 bits per heavy atom. The number of methoxy groups -OCH3 is 1. The summed E-state index contributed by atoms with van der Waals surface area (Å²) < 4.78 is 10.5. The molecule has 88 valence electrons. The Morgan fingerprint density at radius 1 is 1.56 bits per heavy atom. The summed E-state index contributed by atoms with van der Waals surface area (Å²) in [5.74, 6) is 0.503. The van der Waals surface area contributed by atoms with Crippen molar-refractivity contribution in [2.45, 2.75) is 31.0 Å². The second-order valence-corrected chi connectivity index (χ2v) is 4.63. The molecule has 0 spiro atoms. The van der Waals surface area contributed by atoms with Crippen LogP contribution >= 0.6 is 0 Å². The Balaban J connectivity index is 2.03. The maximum absolute atomic E-state index is 10.3. The van der Waals surface area contributed by atoms with E-state index in [1.807, 2.05) is 6.08 Å². The lowest BCUT2D eigenvalue weighted by Gasteiger charge is -2.31. The van der Waals surface area contributed by atoms with Gasteiger partial charge in [0.15, 0.2) is 0 Å². The zero-order valence-electron chi connectivity index (χ0n) is 9.43. The van der Waals surface area contributed by atoms with E-state index in [2.05, 4.69) is 6.07 Å². The molecule has 4 atom stereocenters. The maximum atomic E-state index is 10.3. The third kappa shape index (κ3) is 1.99. The molecule has 1 fully saturated rings. The van der Waals surface area contributed by atoms with Gasteiger partial charge in [0.2, 0.25) is 0 Å². The van der Waals surface area contributed by atoms with Crippen molar-refractivity contribution in [2.24, 2.45) is 11.8 Å². The first kappa shape index (κ1) is 11.6. The van der Waals surface area contributed by atoms with Gasteiger partial charge in [-0.1, -0.05) is 12.2 Å². The van der Waals surface area contributed by atoms with E-state index in [0.717, 1.165) is 12.8 Å². The Bertz CT molecular complexity index is 323. The van der Waals surface area contributed by atoms with E-state index < -0.39 is 5.60 Å². The fraction of sp³-hybridized carbons (Fsp3) is 0.750. The smallest absolute Gasteiger partial charge is 0.146 e. The van der Waals surface area contributed by atoms with Gasteiger partial charge in [-0.25, -0.2) is 0 Å². The molecule has 0 aromatic carbocycles. The van der Waals surface area contributed by atoms with Crippen LogP contribution in [-0.4, -0.2) is 30.7 Å². The average molecular weight is 223 g/mol. The molecule has 0 aromatic heterocycles. The third-order valence-corrected chi connectivity index (χ3v) is 3.65. The van der Waals surface area contributed by atoms with E-state index in [1.165, 1.54) is 0 Å². The van der Waals surface area contributed by atoms with Crippen LogP contribution in [0.25, 0.3) is 0 Å². The van der Waals surface area contributed by atoms with Crippen LogP contribution < -0.4 is 0 Å². The summed E-state index contributed by atoms with van der Waals surface area (Å²) in [5, 5.41) is 19.0. The number of hydrogen-bond acceptors (Lipinski definition) is 4. The van der Waals surface area contributed by atoms with Gasteiger partial charge in [-0.15, -0.1) is 0 Å². The van der Waals surface area contributed by atoms with Crippen molar-refractivity contribution in [3.05, 3.63) is 12.2 Å². The Labute approximate surface area is 95.5 Å². The molecule has 2 aliphatic carbocycles. The molecule has 2 aliphatic rings. The molecule has 16 heavy (non-hydrogen) atoms. The third-order valence-electron chi connectivity index (χ3n) is 3.65.